The lowest BCUT2D eigenvalue weighted by molar-refractivity contribution is -0.103. The van der Waals surface area contributed by atoms with E-state index in [1.54, 1.807) is 12.3 Å². The third-order valence-electron chi connectivity index (χ3n) is 6.45. The number of ether oxygens (including phenoxy) is 3. The fourth-order valence-electron chi connectivity index (χ4n) is 4.62. The van der Waals surface area contributed by atoms with Gasteiger partial charge in [0.15, 0.2) is 5.75 Å². The number of nitrogens with one attached hydrogen (secondary N) is 1. The largest absolute Gasteiger partial charge is 0.491 e. The summed E-state index contributed by atoms with van der Waals surface area (Å²) < 4.78 is 17.3. The van der Waals surface area contributed by atoms with Crippen LogP contribution in [0.4, 0.5) is 0 Å². The van der Waals surface area contributed by atoms with Crippen LogP contribution in [0.2, 0.25) is 0 Å². The Morgan fingerprint density at radius 1 is 1.27 bits per heavy atom. The Labute approximate surface area is 154 Å². The molecule has 2 saturated carbocycles. The van der Waals surface area contributed by atoms with E-state index in [1.165, 1.54) is 20.0 Å². The number of aromatic amines is 1. The van der Waals surface area contributed by atoms with Gasteiger partial charge in [-0.15, -0.1) is 0 Å². The molecule has 0 aromatic carbocycles. The quantitative estimate of drug-likeness (QED) is 0.806. The maximum absolute atomic E-state index is 12.0. The molecule has 1 saturated heterocycles. The highest BCUT2D eigenvalue weighted by Gasteiger charge is 2.51. The van der Waals surface area contributed by atoms with Crippen LogP contribution in [-0.2, 0) is 16.0 Å². The lowest BCUT2D eigenvalue weighted by Crippen LogP contribution is -2.51. The predicted molar refractivity (Wildman–Crippen MR) is 98.5 cm³/mol. The normalized spacial score (nSPS) is 31.8. The lowest BCUT2D eigenvalue weighted by Gasteiger charge is -2.43. The van der Waals surface area contributed by atoms with Crippen LogP contribution >= 0.6 is 0 Å². The van der Waals surface area contributed by atoms with E-state index in [2.05, 4.69) is 9.88 Å². The van der Waals surface area contributed by atoms with E-state index >= 15 is 0 Å². The van der Waals surface area contributed by atoms with Gasteiger partial charge in [0.05, 0.1) is 18.8 Å². The molecule has 6 nitrogen and oxygen atoms in total. The summed E-state index contributed by atoms with van der Waals surface area (Å²) in [6.45, 7) is 2.63. The molecular formula is C20H30N2O4. The fourth-order valence-corrected chi connectivity index (χ4v) is 4.62. The van der Waals surface area contributed by atoms with Crippen molar-refractivity contribution in [1.82, 2.24) is 9.88 Å². The zero-order chi connectivity index (χ0) is 18.1. The molecule has 3 aliphatic rings. The van der Waals surface area contributed by atoms with Crippen molar-refractivity contribution in [2.75, 3.05) is 27.4 Å². The summed E-state index contributed by atoms with van der Waals surface area (Å²) in [6, 6.07) is 1.99. The van der Waals surface area contributed by atoms with Crippen molar-refractivity contribution in [3.63, 3.8) is 0 Å². The third kappa shape index (κ3) is 3.55. The molecule has 1 aliphatic heterocycles. The number of hydrogen-bond donors (Lipinski definition) is 1. The van der Waals surface area contributed by atoms with Crippen molar-refractivity contribution < 1.29 is 14.2 Å². The number of nitrogens with zero attached hydrogens (tertiary/aromatic N) is 1. The maximum atomic E-state index is 12.0. The summed E-state index contributed by atoms with van der Waals surface area (Å²) >= 11 is 0. The minimum absolute atomic E-state index is 0.0633. The van der Waals surface area contributed by atoms with E-state index in [1.807, 2.05) is 7.11 Å². The summed E-state index contributed by atoms with van der Waals surface area (Å²) in [6.07, 6.45) is 8.84. The van der Waals surface area contributed by atoms with E-state index in [-0.39, 0.29) is 11.0 Å². The topological polar surface area (TPSA) is 63.8 Å². The van der Waals surface area contributed by atoms with Crippen LogP contribution in [0.3, 0.4) is 0 Å². The van der Waals surface area contributed by atoms with Crippen molar-refractivity contribution in [3.05, 3.63) is 28.2 Å². The van der Waals surface area contributed by atoms with E-state index in [0.717, 1.165) is 57.0 Å². The first kappa shape index (κ1) is 18.0. The number of hydrogen-bond acceptors (Lipinski definition) is 5. The predicted octanol–water partition coefficient (Wildman–Crippen LogP) is 2.32. The van der Waals surface area contributed by atoms with E-state index in [9.17, 15) is 4.79 Å². The van der Waals surface area contributed by atoms with Gasteiger partial charge in [0.25, 0.3) is 0 Å². The molecule has 2 heterocycles. The van der Waals surface area contributed by atoms with Crippen LogP contribution in [0, 0.1) is 5.92 Å². The van der Waals surface area contributed by atoms with Gasteiger partial charge in [-0.2, -0.15) is 0 Å². The highest BCUT2D eigenvalue weighted by atomic mass is 16.5. The highest BCUT2D eigenvalue weighted by Crippen LogP contribution is 2.44. The van der Waals surface area contributed by atoms with Gasteiger partial charge in [-0.25, -0.2) is 0 Å². The van der Waals surface area contributed by atoms with E-state index in [4.69, 9.17) is 14.2 Å². The van der Waals surface area contributed by atoms with E-state index < -0.39 is 0 Å². The first-order chi connectivity index (χ1) is 12.6. The second-order valence-electron chi connectivity index (χ2n) is 8.07. The van der Waals surface area contributed by atoms with Crippen LogP contribution in [0.25, 0.3) is 0 Å². The number of pyridine rings is 1. The molecule has 6 heteroatoms. The number of fused-ring (bicyclic) bond motifs is 1. The Balaban J connectivity index is 1.45. The second kappa shape index (κ2) is 7.33. The molecule has 0 radical (unpaired) electrons. The third-order valence-corrected chi connectivity index (χ3v) is 6.45. The van der Waals surface area contributed by atoms with Crippen LogP contribution in [-0.4, -0.2) is 55.0 Å². The molecule has 26 heavy (non-hydrogen) atoms. The zero-order valence-electron chi connectivity index (χ0n) is 15.8. The molecule has 1 N–H and O–H groups in total. The average molecular weight is 362 g/mol. The van der Waals surface area contributed by atoms with Gasteiger partial charge in [-0.1, -0.05) is 0 Å². The van der Waals surface area contributed by atoms with Gasteiger partial charge in [-0.3, -0.25) is 9.69 Å². The van der Waals surface area contributed by atoms with Crippen LogP contribution in [0.15, 0.2) is 17.1 Å². The van der Waals surface area contributed by atoms with Gasteiger partial charge in [0.1, 0.15) is 0 Å². The molecule has 3 atom stereocenters. The smallest absolute Gasteiger partial charge is 0.223 e. The molecular weight excluding hydrogens is 332 g/mol. The van der Waals surface area contributed by atoms with Crippen LogP contribution in [0.1, 0.15) is 44.2 Å². The molecule has 3 fully saturated rings. The molecule has 4 rings (SSSR count). The van der Waals surface area contributed by atoms with Gasteiger partial charge in [0, 0.05) is 50.8 Å². The highest BCUT2D eigenvalue weighted by molar-refractivity contribution is 5.20. The summed E-state index contributed by atoms with van der Waals surface area (Å²) in [5, 5.41) is 0. The summed E-state index contributed by atoms with van der Waals surface area (Å²) in [5.74, 6) is 1.15. The maximum Gasteiger partial charge on any atom is 0.223 e. The molecule has 2 aliphatic carbocycles. The average Bonchev–Trinajstić information content (AvgIpc) is 3.42. The van der Waals surface area contributed by atoms with Crippen LogP contribution in [0.5, 0.6) is 5.75 Å². The second-order valence-corrected chi connectivity index (χ2v) is 8.07. The van der Waals surface area contributed by atoms with Gasteiger partial charge in [0.2, 0.25) is 5.43 Å². The number of rotatable bonds is 7. The van der Waals surface area contributed by atoms with Crippen molar-refractivity contribution in [2.24, 2.45) is 5.92 Å². The molecule has 0 bridgehead atoms. The Hall–Kier alpha value is -1.37. The van der Waals surface area contributed by atoms with Crippen molar-refractivity contribution in [2.45, 2.75) is 62.8 Å². The monoisotopic (exact) mass is 362 g/mol. The van der Waals surface area contributed by atoms with Gasteiger partial charge in [-0.05, 0) is 44.4 Å². The van der Waals surface area contributed by atoms with Gasteiger partial charge >= 0.3 is 0 Å². The first-order valence-corrected chi connectivity index (χ1v) is 9.80. The molecule has 0 unspecified atom stereocenters. The Bertz CT molecular complexity index is 687. The van der Waals surface area contributed by atoms with Crippen molar-refractivity contribution >= 4 is 0 Å². The molecule has 0 amide bonds. The minimum Gasteiger partial charge on any atom is -0.491 e. The first-order valence-electron chi connectivity index (χ1n) is 9.80. The Morgan fingerprint density at radius 3 is 2.81 bits per heavy atom. The lowest BCUT2D eigenvalue weighted by atomic mass is 9.79. The molecule has 1 aromatic rings. The summed E-state index contributed by atoms with van der Waals surface area (Å²) in [7, 11) is 3.36. The van der Waals surface area contributed by atoms with Gasteiger partial charge < -0.3 is 19.2 Å². The fraction of sp³-hybridized carbons (Fsp3) is 0.750. The molecule has 1 aromatic heterocycles. The SMILES string of the molecule is COc1c[nH]c(CN2CC[C@]3(OC)CC[C@H](OCC4CC4)C[C@H]23)cc1=O. The number of H-pyrrole nitrogens is 1. The Kier molecular flexibility index (Phi) is 5.08. The minimum atomic E-state index is -0.0762. The standard InChI is InChI=1S/C20H30N2O4/c1-24-18-11-21-15(9-17(18)23)12-22-8-7-20(25-2)6-5-16(10-19(20)22)26-13-14-3-4-14/h9,11,14,16,19H,3-8,10,12-13H2,1-2H3,(H,21,23)/t16-,19-,20+/m0/s1. The zero-order valence-corrected chi connectivity index (χ0v) is 15.8. The number of aromatic nitrogens is 1. The molecule has 0 spiro atoms. The van der Waals surface area contributed by atoms with E-state index in [0.29, 0.717) is 17.9 Å². The summed E-state index contributed by atoms with van der Waals surface area (Å²) in [5.41, 5.74) is 0.781. The molecule has 144 valence electrons. The van der Waals surface area contributed by atoms with Crippen molar-refractivity contribution in [3.8, 4) is 5.75 Å². The number of likely N-dealkylation sites (tertiary alicyclic amines) is 1. The Morgan fingerprint density at radius 2 is 2.12 bits per heavy atom. The van der Waals surface area contributed by atoms with Crippen LogP contribution < -0.4 is 10.2 Å². The van der Waals surface area contributed by atoms with Crippen molar-refractivity contribution in [1.29, 1.82) is 0 Å². The summed E-state index contributed by atoms with van der Waals surface area (Å²) in [4.78, 5) is 17.7. The number of methoxy groups -OCH3 is 2.